The first kappa shape index (κ1) is 28.3. The number of likely N-dealkylation sites (N-methyl/N-ethyl adjacent to an activating group) is 1. The fraction of sp³-hybridized carbons (Fsp3) is 0.600. The van der Waals surface area contributed by atoms with Crippen molar-refractivity contribution >= 4 is 34.8 Å². The topological polar surface area (TPSA) is 172 Å². The number of nitrogens with two attached hydrogens (primary N) is 1. The molecule has 10 heteroatoms. The van der Waals surface area contributed by atoms with Crippen LogP contribution < -0.4 is 5.73 Å². The average Bonchev–Trinajstić information content (AvgIpc) is 2.90. The number of phenolic OH excluding ortho intramolecular Hbond substituents is 1. The number of ketones is 5. The molecule has 1 aromatic rings. The number of rotatable bonds is 5. The number of Topliss-reactive ketones (excluding diaryl/α,β-unsaturated/α-hetero) is 5. The molecule has 1 amide bonds. The minimum Gasteiger partial charge on any atom is -0.507 e. The van der Waals surface area contributed by atoms with Crippen molar-refractivity contribution in [3.05, 3.63) is 29.3 Å². The first-order chi connectivity index (χ1) is 18.8. The van der Waals surface area contributed by atoms with Gasteiger partial charge >= 0.3 is 0 Å². The zero-order chi connectivity index (χ0) is 29.3. The van der Waals surface area contributed by atoms with E-state index in [2.05, 4.69) is 0 Å². The maximum absolute atomic E-state index is 14.2. The van der Waals surface area contributed by atoms with Crippen molar-refractivity contribution in [2.24, 2.45) is 41.2 Å². The monoisotopic (exact) mass is 552 g/mol. The van der Waals surface area contributed by atoms with Gasteiger partial charge in [0.05, 0.1) is 17.5 Å². The van der Waals surface area contributed by atoms with Crippen LogP contribution in [0.3, 0.4) is 0 Å². The van der Waals surface area contributed by atoms with Crippen molar-refractivity contribution in [1.29, 1.82) is 0 Å². The van der Waals surface area contributed by atoms with E-state index in [0.29, 0.717) is 18.4 Å². The van der Waals surface area contributed by atoms with Gasteiger partial charge in [-0.1, -0.05) is 38.3 Å². The van der Waals surface area contributed by atoms with E-state index >= 15 is 0 Å². The lowest BCUT2D eigenvalue weighted by atomic mass is 9.46. The van der Waals surface area contributed by atoms with E-state index in [9.17, 15) is 39.0 Å². The fourth-order valence-corrected chi connectivity index (χ4v) is 8.27. The average molecular weight is 553 g/mol. The number of carbonyl (C=O) groups is 6. The standard InChI is InChI=1S/C30H36N2O8/c1-13-15-10-7-11-17(33)20(15)25(35)21-19(13)16(12-18(34)14-8-5-4-6-9-14)23-24(32(2)3)26(36)22(29(31)39)28(38)30(23,40)27(21)37/h7,10-11,13-14,16,19,21-24,33,40H,4-6,8-9,12H2,1-3H3,(H2,31,39)/t13-,16-,19-,21?,22?,23-,24-,30-/m0/s1. The van der Waals surface area contributed by atoms with Crippen LogP contribution in [0.1, 0.15) is 67.3 Å². The number of amides is 1. The molecule has 0 saturated heterocycles. The van der Waals surface area contributed by atoms with Gasteiger partial charge in [-0.25, -0.2) is 0 Å². The number of nitrogens with zero attached hydrogens (tertiary/aromatic N) is 1. The van der Waals surface area contributed by atoms with E-state index in [1.807, 2.05) is 0 Å². The molecule has 4 N–H and O–H groups in total. The summed E-state index contributed by atoms with van der Waals surface area (Å²) in [6.45, 7) is 1.79. The van der Waals surface area contributed by atoms with Gasteiger partial charge in [0, 0.05) is 18.3 Å². The lowest BCUT2D eigenvalue weighted by Gasteiger charge is -2.57. The third-order valence-electron chi connectivity index (χ3n) is 10.0. The number of fused-ring (bicyclic) bond motifs is 3. The van der Waals surface area contributed by atoms with Gasteiger partial charge in [-0.2, -0.15) is 0 Å². The predicted molar refractivity (Wildman–Crippen MR) is 141 cm³/mol. The molecule has 0 radical (unpaired) electrons. The molecule has 214 valence electrons. The fourth-order valence-electron chi connectivity index (χ4n) is 8.27. The highest BCUT2D eigenvalue weighted by atomic mass is 16.3. The Kier molecular flexibility index (Phi) is 7.07. The molecule has 0 aliphatic heterocycles. The summed E-state index contributed by atoms with van der Waals surface area (Å²) < 4.78 is 0. The minimum atomic E-state index is -2.89. The zero-order valence-electron chi connectivity index (χ0n) is 23.0. The molecule has 8 atom stereocenters. The van der Waals surface area contributed by atoms with E-state index in [1.165, 1.54) is 25.1 Å². The van der Waals surface area contributed by atoms with Crippen molar-refractivity contribution in [2.75, 3.05) is 14.1 Å². The minimum absolute atomic E-state index is 0.0565. The molecule has 4 aliphatic rings. The van der Waals surface area contributed by atoms with Crippen molar-refractivity contribution in [3.8, 4) is 5.75 Å². The molecule has 2 unspecified atom stereocenters. The van der Waals surface area contributed by atoms with Gasteiger partial charge in [0.15, 0.2) is 34.7 Å². The summed E-state index contributed by atoms with van der Waals surface area (Å²) in [6.07, 6.45) is 4.11. The second-order valence-corrected chi connectivity index (χ2v) is 12.3. The van der Waals surface area contributed by atoms with Gasteiger partial charge in [-0.15, -0.1) is 0 Å². The number of phenols is 1. The predicted octanol–water partition coefficient (Wildman–Crippen LogP) is 1.19. The molecule has 3 saturated carbocycles. The second-order valence-electron chi connectivity index (χ2n) is 12.3. The van der Waals surface area contributed by atoms with Gasteiger partial charge in [0.2, 0.25) is 5.91 Å². The summed E-state index contributed by atoms with van der Waals surface area (Å²) in [4.78, 5) is 83.1. The van der Waals surface area contributed by atoms with Crippen LogP contribution in [0.4, 0.5) is 0 Å². The van der Waals surface area contributed by atoms with E-state index in [1.54, 1.807) is 19.1 Å². The maximum Gasteiger partial charge on any atom is 0.235 e. The van der Waals surface area contributed by atoms with Crippen LogP contribution in [0, 0.1) is 35.5 Å². The quantitative estimate of drug-likeness (QED) is 0.454. The molecule has 1 aromatic carbocycles. The van der Waals surface area contributed by atoms with Crippen LogP contribution in [0.5, 0.6) is 5.75 Å². The number of aliphatic hydroxyl groups is 1. The zero-order valence-corrected chi connectivity index (χ0v) is 23.0. The number of carbonyl (C=O) groups excluding carboxylic acids is 6. The highest BCUT2D eigenvalue weighted by Gasteiger charge is 2.72. The van der Waals surface area contributed by atoms with Gasteiger partial charge in [0.25, 0.3) is 0 Å². The molecule has 40 heavy (non-hydrogen) atoms. The summed E-state index contributed by atoms with van der Waals surface area (Å²) in [5, 5.41) is 22.7. The first-order valence-corrected chi connectivity index (χ1v) is 14.0. The van der Waals surface area contributed by atoms with E-state index < -0.39 is 76.2 Å². The molecule has 4 aliphatic carbocycles. The van der Waals surface area contributed by atoms with Crippen molar-refractivity contribution < 1.29 is 39.0 Å². The lowest BCUT2D eigenvalue weighted by molar-refractivity contribution is -0.190. The Balaban J connectivity index is 1.73. The third kappa shape index (κ3) is 3.90. The highest BCUT2D eigenvalue weighted by molar-refractivity contribution is 6.32. The van der Waals surface area contributed by atoms with E-state index in [4.69, 9.17) is 5.73 Å². The number of aromatic hydroxyl groups is 1. The Hall–Kier alpha value is -3.24. The largest absolute Gasteiger partial charge is 0.507 e. The number of hydrogen-bond acceptors (Lipinski definition) is 9. The van der Waals surface area contributed by atoms with Crippen molar-refractivity contribution in [2.45, 2.75) is 63.0 Å². The Morgan fingerprint density at radius 3 is 2.30 bits per heavy atom. The molecule has 0 bridgehead atoms. The summed E-state index contributed by atoms with van der Waals surface area (Å²) in [5.74, 6) is -13.2. The first-order valence-electron chi connectivity index (χ1n) is 14.0. The van der Waals surface area contributed by atoms with Crippen LogP contribution in [-0.2, 0) is 24.0 Å². The van der Waals surface area contributed by atoms with E-state index in [-0.39, 0.29) is 29.4 Å². The van der Waals surface area contributed by atoms with Crippen molar-refractivity contribution in [3.63, 3.8) is 0 Å². The summed E-state index contributed by atoms with van der Waals surface area (Å²) in [7, 11) is 3.08. The Morgan fingerprint density at radius 2 is 1.70 bits per heavy atom. The normalized spacial score (nSPS) is 36.2. The number of benzene rings is 1. The van der Waals surface area contributed by atoms with Crippen LogP contribution in [-0.4, -0.2) is 75.7 Å². The Bertz CT molecular complexity index is 1310. The van der Waals surface area contributed by atoms with E-state index in [0.717, 1.165) is 19.3 Å². The molecular formula is C30H36N2O8. The third-order valence-corrected chi connectivity index (χ3v) is 10.0. The van der Waals surface area contributed by atoms with Crippen LogP contribution >= 0.6 is 0 Å². The SMILES string of the molecule is C[C@H]1c2cccc(O)c2C(=O)C2C(=O)[C@]3(O)C(=O)C(C(N)=O)C(=O)[C@@H](N(C)C)[C@@H]3[C@@H](CC(=O)C3CCCCC3)[C@@H]21. The Labute approximate surface area is 232 Å². The number of hydrogen-bond donors (Lipinski definition) is 3. The van der Waals surface area contributed by atoms with Crippen LogP contribution in [0.25, 0.3) is 0 Å². The molecule has 0 heterocycles. The summed E-state index contributed by atoms with van der Waals surface area (Å²) >= 11 is 0. The Morgan fingerprint density at radius 1 is 1.05 bits per heavy atom. The van der Waals surface area contributed by atoms with Gasteiger partial charge in [0.1, 0.15) is 11.5 Å². The maximum atomic E-state index is 14.2. The van der Waals surface area contributed by atoms with Crippen LogP contribution in [0.2, 0.25) is 0 Å². The van der Waals surface area contributed by atoms with Crippen LogP contribution in [0.15, 0.2) is 18.2 Å². The molecule has 3 fully saturated rings. The number of primary amides is 1. The molecule has 10 nitrogen and oxygen atoms in total. The highest BCUT2D eigenvalue weighted by Crippen LogP contribution is 2.58. The summed E-state index contributed by atoms with van der Waals surface area (Å²) in [6, 6.07) is 3.33. The van der Waals surface area contributed by atoms with Gasteiger partial charge < -0.3 is 15.9 Å². The summed E-state index contributed by atoms with van der Waals surface area (Å²) in [5.41, 5.74) is 3.00. The molecule has 0 spiro atoms. The molecule has 5 rings (SSSR count). The lowest BCUT2D eigenvalue weighted by Crippen LogP contribution is -2.76. The smallest absolute Gasteiger partial charge is 0.235 e. The second kappa shape index (κ2) is 9.99. The molecule has 0 aromatic heterocycles. The van der Waals surface area contributed by atoms with Gasteiger partial charge in [-0.3, -0.25) is 33.7 Å². The molecular weight excluding hydrogens is 516 g/mol. The van der Waals surface area contributed by atoms with Crippen molar-refractivity contribution in [1.82, 2.24) is 4.90 Å². The van der Waals surface area contributed by atoms with Gasteiger partial charge in [-0.05, 0) is 56.3 Å².